The molecule has 0 radical (unpaired) electrons. The SMILES string of the molecule is O=C(Nc1cncc(-c2cc3c(-c4cc5c(-c6ccsc6)cccc5[nH]4)n[nH]c3cn2)c1)C1CC1. The zero-order chi connectivity index (χ0) is 23.4. The second-order valence-electron chi connectivity index (χ2n) is 8.88. The molecule has 1 saturated carbocycles. The normalized spacial score (nSPS) is 13.5. The number of H-pyrrole nitrogens is 2. The molecule has 7 rings (SSSR count). The molecule has 1 aliphatic carbocycles. The summed E-state index contributed by atoms with van der Waals surface area (Å²) in [5.74, 6) is 0.197. The molecule has 8 heteroatoms. The third kappa shape index (κ3) is 3.59. The molecule has 0 atom stereocenters. The number of rotatable bonds is 5. The fourth-order valence-corrected chi connectivity index (χ4v) is 5.13. The molecule has 0 aliphatic heterocycles. The summed E-state index contributed by atoms with van der Waals surface area (Å²) in [6.45, 7) is 0. The van der Waals surface area contributed by atoms with E-state index in [-0.39, 0.29) is 11.8 Å². The third-order valence-corrected chi connectivity index (χ3v) is 7.13. The van der Waals surface area contributed by atoms with Crippen LogP contribution in [0.4, 0.5) is 5.69 Å². The van der Waals surface area contributed by atoms with Crippen LogP contribution < -0.4 is 5.32 Å². The topological polar surface area (TPSA) is 99.4 Å². The molecule has 0 spiro atoms. The molecule has 170 valence electrons. The van der Waals surface area contributed by atoms with Gasteiger partial charge in [-0.05, 0) is 65.1 Å². The molecule has 6 aromatic rings. The minimum atomic E-state index is 0.0603. The van der Waals surface area contributed by atoms with Gasteiger partial charge in [0.1, 0.15) is 5.69 Å². The summed E-state index contributed by atoms with van der Waals surface area (Å²) in [5, 5.41) is 17.1. The zero-order valence-electron chi connectivity index (χ0n) is 18.6. The smallest absolute Gasteiger partial charge is 0.227 e. The number of anilines is 1. The highest BCUT2D eigenvalue weighted by Gasteiger charge is 2.29. The van der Waals surface area contributed by atoms with Crippen LogP contribution in [0.25, 0.3) is 55.6 Å². The third-order valence-electron chi connectivity index (χ3n) is 6.45. The number of aromatic amines is 2. The lowest BCUT2D eigenvalue weighted by Gasteiger charge is -2.06. The van der Waals surface area contributed by atoms with E-state index >= 15 is 0 Å². The monoisotopic (exact) mass is 476 g/mol. The van der Waals surface area contributed by atoms with Gasteiger partial charge in [-0.2, -0.15) is 16.4 Å². The first-order valence-corrected chi connectivity index (χ1v) is 12.4. The van der Waals surface area contributed by atoms with Crippen LogP contribution in [0, 0.1) is 5.92 Å². The van der Waals surface area contributed by atoms with Crippen LogP contribution in [0.15, 0.2) is 71.8 Å². The van der Waals surface area contributed by atoms with Gasteiger partial charge in [-0.3, -0.25) is 19.9 Å². The Balaban J connectivity index is 1.29. The van der Waals surface area contributed by atoms with E-state index in [0.717, 1.165) is 57.3 Å². The Bertz CT molecular complexity index is 1710. The van der Waals surface area contributed by atoms with Crippen molar-refractivity contribution in [2.75, 3.05) is 5.32 Å². The highest BCUT2D eigenvalue weighted by Crippen LogP contribution is 2.35. The van der Waals surface area contributed by atoms with E-state index in [0.29, 0.717) is 5.69 Å². The number of pyridine rings is 2. The highest BCUT2D eigenvalue weighted by molar-refractivity contribution is 7.08. The molecule has 5 heterocycles. The Hall–Kier alpha value is -4.30. The van der Waals surface area contributed by atoms with E-state index in [4.69, 9.17) is 0 Å². The summed E-state index contributed by atoms with van der Waals surface area (Å²) >= 11 is 1.69. The van der Waals surface area contributed by atoms with Gasteiger partial charge < -0.3 is 10.3 Å². The fraction of sp³-hybridized carbons (Fsp3) is 0.111. The summed E-state index contributed by atoms with van der Waals surface area (Å²) in [6, 6.07) is 14.5. The van der Waals surface area contributed by atoms with Gasteiger partial charge in [0, 0.05) is 34.0 Å². The molecule has 1 aromatic carbocycles. The van der Waals surface area contributed by atoms with Crippen molar-refractivity contribution in [1.82, 2.24) is 25.1 Å². The Labute approximate surface area is 204 Å². The molecule has 35 heavy (non-hydrogen) atoms. The average Bonchev–Trinajstić information content (AvgIpc) is 3.26. The first kappa shape index (κ1) is 20.1. The summed E-state index contributed by atoms with van der Waals surface area (Å²) in [6.07, 6.45) is 7.14. The first-order valence-electron chi connectivity index (χ1n) is 11.5. The van der Waals surface area contributed by atoms with Crippen LogP contribution in [0.3, 0.4) is 0 Å². The first-order chi connectivity index (χ1) is 17.2. The number of hydrogen-bond donors (Lipinski definition) is 3. The van der Waals surface area contributed by atoms with Gasteiger partial charge in [-0.15, -0.1) is 0 Å². The lowest BCUT2D eigenvalue weighted by atomic mass is 10.0. The van der Waals surface area contributed by atoms with Crippen LogP contribution >= 0.6 is 11.3 Å². The zero-order valence-corrected chi connectivity index (χ0v) is 19.4. The van der Waals surface area contributed by atoms with E-state index < -0.39 is 0 Å². The number of nitrogens with zero attached hydrogens (tertiary/aromatic N) is 3. The van der Waals surface area contributed by atoms with Crippen molar-refractivity contribution in [3.63, 3.8) is 0 Å². The molecule has 1 fully saturated rings. The van der Waals surface area contributed by atoms with Crippen LogP contribution in [-0.2, 0) is 4.79 Å². The number of thiophene rings is 1. The maximum atomic E-state index is 12.2. The minimum Gasteiger partial charge on any atom is -0.353 e. The molecule has 0 saturated heterocycles. The molecule has 1 aliphatic rings. The predicted octanol–water partition coefficient (Wildman–Crippen LogP) is 6.25. The fourth-order valence-electron chi connectivity index (χ4n) is 4.47. The molecular weight excluding hydrogens is 456 g/mol. The molecule has 0 unspecified atom stereocenters. The van der Waals surface area contributed by atoms with Crippen LogP contribution in [0.2, 0.25) is 0 Å². The van der Waals surface area contributed by atoms with E-state index in [1.807, 2.05) is 12.1 Å². The van der Waals surface area contributed by atoms with Crippen molar-refractivity contribution >= 4 is 44.7 Å². The van der Waals surface area contributed by atoms with Gasteiger partial charge >= 0.3 is 0 Å². The van der Waals surface area contributed by atoms with E-state index in [1.165, 1.54) is 11.1 Å². The van der Waals surface area contributed by atoms with Crippen molar-refractivity contribution in [3.8, 4) is 33.8 Å². The Morgan fingerprint density at radius 1 is 1.00 bits per heavy atom. The molecule has 0 bridgehead atoms. The van der Waals surface area contributed by atoms with Gasteiger partial charge in [0.2, 0.25) is 5.91 Å². The largest absolute Gasteiger partial charge is 0.353 e. The molecule has 1 amide bonds. The van der Waals surface area contributed by atoms with Crippen molar-refractivity contribution in [1.29, 1.82) is 0 Å². The molecule has 5 aromatic heterocycles. The number of hydrogen-bond acceptors (Lipinski definition) is 5. The summed E-state index contributed by atoms with van der Waals surface area (Å²) in [4.78, 5) is 24.6. The number of fused-ring (bicyclic) bond motifs is 2. The maximum Gasteiger partial charge on any atom is 0.227 e. The van der Waals surface area contributed by atoms with Crippen molar-refractivity contribution in [3.05, 3.63) is 71.8 Å². The number of nitrogens with one attached hydrogen (secondary N) is 3. The predicted molar refractivity (Wildman–Crippen MR) is 139 cm³/mol. The number of aromatic nitrogens is 5. The number of carbonyl (C=O) groups is 1. The van der Waals surface area contributed by atoms with Gasteiger partial charge in [0.15, 0.2) is 0 Å². The van der Waals surface area contributed by atoms with Crippen LogP contribution in [0.5, 0.6) is 0 Å². The molecule has 7 nitrogen and oxygen atoms in total. The lowest BCUT2D eigenvalue weighted by Crippen LogP contribution is -2.13. The van der Waals surface area contributed by atoms with Gasteiger partial charge in [-0.1, -0.05) is 12.1 Å². The van der Waals surface area contributed by atoms with Crippen molar-refractivity contribution in [2.45, 2.75) is 12.8 Å². The Morgan fingerprint density at radius 2 is 1.94 bits per heavy atom. The lowest BCUT2D eigenvalue weighted by molar-refractivity contribution is -0.117. The van der Waals surface area contributed by atoms with Crippen molar-refractivity contribution < 1.29 is 4.79 Å². The molecular formula is C27H20N6OS. The maximum absolute atomic E-state index is 12.2. The highest BCUT2D eigenvalue weighted by atomic mass is 32.1. The standard InChI is InChI=1S/C27H20N6OS/c34-27(15-4-5-15)30-18-8-17(11-28-12-18)23-10-21-25(13-29-23)32-33-26(21)24-9-20-19(16-6-7-35-14-16)2-1-3-22(20)31-24/h1-3,6-15,31H,4-5H2,(H,30,34)(H,32,33). The van der Waals surface area contributed by atoms with Gasteiger partial charge in [0.05, 0.1) is 35.0 Å². The van der Waals surface area contributed by atoms with E-state index in [9.17, 15) is 4.79 Å². The molecule has 3 N–H and O–H groups in total. The summed E-state index contributed by atoms with van der Waals surface area (Å²) in [7, 11) is 0. The summed E-state index contributed by atoms with van der Waals surface area (Å²) < 4.78 is 0. The second-order valence-corrected chi connectivity index (χ2v) is 9.66. The minimum absolute atomic E-state index is 0.0603. The number of benzene rings is 1. The number of amides is 1. The Morgan fingerprint density at radius 3 is 2.80 bits per heavy atom. The van der Waals surface area contributed by atoms with E-state index in [2.05, 4.69) is 71.6 Å². The average molecular weight is 477 g/mol. The van der Waals surface area contributed by atoms with Gasteiger partial charge in [0.25, 0.3) is 0 Å². The second kappa shape index (κ2) is 7.89. The van der Waals surface area contributed by atoms with Crippen LogP contribution in [-0.4, -0.2) is 31.1 Å². The van der Waals surface area contributed by atoms with Gasteiger partial charge in [-0.25, -0.2) is 0 Å². The summed E-state index contributed by atoms with van der Waals surface area (Å²) in [5.41, 5.74) is 8.40. The number of carbonyl (C=O) groups excluding carboxylic acids is 1. The van der Waals surface area contributed by atoms with E-state index in [1.54, 1.807) is 29.9 Å². The van der Waals surface area contributed by atoms with Crippen LogP contribution in [0.1, 0.15) is 12.8 Å². The Kier molecular flexibility index (Phi) is 4.53. The van der Waals surface area contributed by atoms with Crippen molar-refractivity contribution in [2.24, 2.45) is 5.92 Å². The quantitative estimate of drug-likeness (QED) is 0.274.